The molecule has 1 N–H and O–H groups in total. The number of benzene rings is 2. The highest BCUT2D eigenvalue weighted by Crippen LogP contribution is 2.20. The van der Waals surface area contributed by atoms with Gasteiger partial charge >= 0.3 is 0 Å². The van der Waals surface area contributed by atoms with Crippen LogP contribution in [0.4, 0.5) is 20.2 Å². The monoisotopic (exact) mass is 306 g/mol. The summed E-state index contributed by atoms with van der Waals surface area (Å²) in [5.41, 5.74) is 1.07. The van der Waals surface area contributed by atoms with Gasteiger partial charge in [-0.25, -0.2) is 8.78 Å². The molecule has 0 unspecified atom stereocenters. The fraction of sp³-hybridized carbons (Fsp3) is 0.188. The quantitative estimate of drug-likeness (QED) is 0.836. The van der Waals surface area contributed by atoms with E-state index >= 15 is 0 Å². The zero-order valence-electron chi connectivity index (χ0n) is 11.8. The lowest BCUT2D eigenvalue weighted by molar-refractivity contribution is 0.586. The first-order chi connectivity index (χ1) is 9.99. The molecule has 0 amide bonds. The molecular formula is C16H16F2N2S. The van der Waals surface area contributed by atoms with Crippen molar-refractivity contribution >= 4 is 28.7 Å². The van der Waals surface area contributed by atoms with Crippen molar-refractivity contribution in [1.82, 2.24) is 0 Å². The molecule has 0 radical (unpaired) electrons. The zero-order valence-corrected chi connectivity index (χ0v) is 12.6. The summed E-state index contributed by atoms with van der Waals surface area (Å²) < 4.78 is 26.6. The number of hydrogen-bond donors (Lipinski definition) is 1. The zero-order chi connectivity index (χ0) is 15.4. The topological polar surface area (TPSA) is 15.3 Å². The minimum atomic E-state index is -0.672. The number of anilines is 2. The normalized spacial score (nSPS) is 10.5. The van der Waals surface area contributed by atoms with Gasteiger partial charge in [-0.1, -0.05) is 18.2 Å². The van der Waals surface area contributed by atoms with Gasteiger partial charge in [0.1, 0.15) is 11.6 Å². The van der Waals surface area contributed by atoms with Crippen LogP contribution >= 0.6 is 12.2 Å². The first-order valence-electron chi connectivity index (χ1n) is 6.59. The van der Waals surface area contributed by atoms with Crippen LogP contribution in [-0.4, -0.2) is 11.2 Å². The van der Waals surface area contributed by atoms with Gasteiger partial charge < -0.3 is 10.2 Å². The first kappa shape index (κ1) is 15.4. The van der Waals surface area contributed by atoms with Gasteiger partial charge in [-0.2, -0.15) is 0 Å². The Hall–Kier alpha value is -2.01. The highest BCUT2D eigenvalue weighted by Gasteiger charge is 2.16. The maximum atomic E-state index is 13.7. The van der Waals surface area contributed by atoms with Crippen molar-refractivity contribution < 1.29 is 8.78 Å². The Labute approximate surface area is 128 Å². The summed E-state index contributed by atoms with van der Waals surface area (Å²) in [6.45, 7) is 3.98. The van der Waals surface area contributed by atoms with Crippen LogP contribution in [0.25, 0.3) is 0 Å². The van der Waals surface area contributed by atoms with E-state index < -0.39 is 11.6 Å². The average Bonchev–Trinajstić information content (AvgIpc) is 2.43. The second kappa shape index (κ2) is 6.63. The van der Waals surface area contributed by atoms with Crippen molar-refractivity contribution in [3.8, 4) is 0 Å². The SMILES string of the molecule is CC(C)N(C(=S)Nc1ccc(F)cc1F)c1ccccc1. The van der Waals surface area contributed by atoms with Crippen molar-refractivity contribution in [3.63, 3.8) is 0 Å². The van der Waals surface area contributed by atoms with Crippen molar-refractivity contribution in [2.75, 3.05) is 10.2 Å². The molecule has 0 atom stereocenters. The third-order valence-corrected chi connectivity index (χ3v) is 3.24. The van der Waals surface area contributed by atoms with Gasteiger partial charge in [0.2, 0.25) is 0 Å². The molecule has 0 aliphatic rings. The van der Waals surface area contributed by atoms with E-state index in [1.54, 1.807) is 0 Å². The second-order valence-corrected chi connectivity index (χ2v) is 5.24. The van der Waals surface area contributed by atoms with E-state index in [0.717, 1.165) is 11.8 Å². The van der Waals surface area contributed by atoms with Crippen LogP contribution in [0, 0.1) is 11.6 Å². The molecule has 5 heteroatoms. The van der Waals surface area contributed by atoms with Gasteiger partial charge in [0, 0.05) is 17.8 Å². The van der Waals surface area contributed by atoms with Crippen LogP contribution in [0.1, 0.15) is 13.8 Å². The molecule has 0 heterocycles. The van der Waals surface area contributed by atoms with Crippen LogP contribution in [0.3, 0.4) is 0 Å². The molecule has 2 rings (SSSR count). The maximum absolute atomic E-state index is 13.7. The van der Waals surface area contributed by atoms with Crippen LogP contribution < -0.4 is 10.2 Å². The van der Waals surface area contributed by atoms with E-state index in [-0.39, 0.29) is 11.7 Å². The number of nitrogens with zero attached hydrogens (tertiary/aromatic N) is 1. The largest absolute Gasteiger partial charge is 0.330 e. The summed E-state index contributed by atoms with van der Waals surface area (Å²) in [6.07, 6.45) is 0. The maximum Gasteiger partial charge on any atom is 0.178 e. The molecule has 2 nitrogen and oxygen atoms in total. The first-order valence-corrected chi connectivity index (χ1v) is 7.00. The van der Waals surface area contributed by atoms with Crippen LogP contribution in [-0.2, 0) is 0 Å². The number of halogens is 2. The third-order valence-electron chi connectivity index (χ3n) is 2.94. The lowest BCUT2D eigenvalue weighted by atomic mass is 10.2. The van der Waals surface area contributed by atoms with E-state index in [2.05, 4.69) is 5.32 Å². The van der Waals surface area contributed by atoms with Gasteiger partial charge in [-0.3, -0.25) is 0 Å². The summed E-state index contributed by atoms with van der Waals surface area (Å²) in [6, 6.07) is 13.0. The molecule has 0 spiro atoms. The van der Waals surface area contributed by atoms with Crippen molar-refractivity contribution in [1.29, 1.82) is 0 Å². The van der Waals surface area contributed by atoms with Crippen LogP contribution in [0.5, 0.6) is 0 Å². The Morgan fingerprint density at radius 3 is 2.33 bits per heavy atom. The Kier molecular flexibility index (Phi) is 4.85. The number of nitrogens with one attached hydrogen (secondary N) is 1. The molecule has 110 valence electrons. The standard InChI is InChI=1S/C16H16F2N2S/c1-11(2)20(13-6-4-3-5-7-13)16(21)19-15-9-8-12(17)10-14(15)18/h3-11H,1-2H3,(H,19,21). The predicted octanol–water partition coefficient (Wildman–Crippen LogP) is 4.58. The summed E-state index contributed by atoms with van der Waals surface area (Å²) in [5, 5.41) is 3.20. The van der Waals surface area contributed by atoms with Gasteiger partial charge in [-0.05, 0) is 50.3 Å². The Balaban J connectivity index is 2.24. The molecule has 0 aromatic heterocycles. The van der Waals surface area contributed by atoms with Crippen LogP contribution in [0.15, 0.2) is 48.5 Å². The van der Waals surface area contributed by atoms with E-state index in [9.17, 15) is 8.78 Å². The molecule has 21 heavy (non-hydrogen) atoms. The molecule has 0 aliphatic heterocycles. The smallest absolute Gasteiger partial charge is 0.178 e. The number of para-hydroxylation sites is 1. The van der Waals surface area contributed by atoms with Crippen LogP contribution in [0.2, 0.25) is 0 Å². The fourth-order valence-electron chi connectivity index (χ4n) is 2.00. The average molecular weight is 306 g/mol. The highest BCUT2D eigenvalue weighted by molar-refractivity contribution is 7.80. The van der Waals surface area contributed by atoms with Crippen molar-refractivity contribution in [2.45, 2.75) is 19.9 Å². The van der Waals surface area contributed by atoms with E-state index in [0.29, 0.717) is 5.11 Å². The van der Waals surface area contributed by atoms with Gasteiger partial charge in [0.05, 0.1) is 5.69 Å². The summed E-state index contributed by atoms with van der Waals surface area (Å²) in [4.78, 5) is 1.87. The van der Waals surface area contributed by atoms with Gasteiger partial charge in [0.15, 0.2) is 5.11 Å². The number of thiocarbonyl (C=S) groups is 1. The molecule has 0 bridgehead atoms. The number of rotatable bonds is 3. The molecule has 2 aromatic rings. The lowest BCUT2D eigenvalue weighted by Crippen LogP contribution is -2.40. The van der Waals surface area contributed by atoms with Crippen molar-refractivity contribution in [3.05, 3.63) is 60.2 Å². The molecule has 0 saturated carbocycles. The number of hydrogen-bond acceptors (Lipinski definition) is 1. The molecular weight excluding hydrogens is 290 g/mol. The lowest BCUT2D eigenvalue weighted by Gasteiger charge is -2.29. The summed E-state index contributed by atoms with van der Waals surface area (Å²) in [5.74, 6) is -1.29. The minimum absolute atomic E-state index is 0.0934. The highest BCUT2D eigenvalue weighted by atomic mass is 32.1. The second-order valence-electron chi connectivity index (χ2n) is 4.85. The minimum Gasteiger partial charge on any atom is -0.330 e. The van der Waals surface area contributed by atoms with Crippen molar-refractivity contribution in [2.24, 2.45) is 0 Å². The molecule has 0 aliphatic carbocycles. The van der Waals surface area contributed by atoms with E-state index in [1.807, 2.05) is 49.1 Å². The Bertz CT molecular complexity index is 629. The molecule has 2 aromatic carbocycles. The van der Waals surface area contributed by atoms with E-state index in [4.69, 9.17) is 12.2 Å². The Morgan fingerprint density at radius 1 is 1.10 bits per heavy atom. The van der Waals surface area contributed by atoms with Gasteiger partial charge in [0.25, 0.3) is 0 Å². The summed E-state index contributed by atoms with van der Waals surface area (Å²) in [7, 11) is 0. The fourth-order valence-corrected chi connectivity index (χ4v) is 2.43. The predicted molar refractivity (Wildman–Crippen MR) is 86.6 cm³/mol. The Morgan fingerprint density at radius 2 is 1.76 bits per heavy atom. The van der Waals surface area contributed by atoms with E-state index in [1.165, 1.54) is 12.1 Å². The molecule has 0 saturated heterocycles. The summed E-state index contributed by atoms with van der Waals surface area (Å²) >= 11 is 5.36. The molecule has 0 fully saturated rings. The van der Waals surface area contributed by atoms with Gasteiger partial charge in [-0.15, -0.1) is 0 Å². The third kappa shape index (κ3) is 3.76.